The molecule has 0 saturated heterocycles. The van der Waals surface area contributed by atoms with Gasteiger partial charge in [0.15, 0.2) is 0 Å². The minimum atomic E-state index is -0.187. The molecule has 1 nitrogen and oxygen atoms in total. The molecule has 0 radical (unpaired) electrons. The second-order valence-electron chi connectivity index (χ2n) is 7.08. The van der Waals surface area contributed by atoms with Gasteiger partial charge >= 0.3 is 0 Å². The zero-order valence-corrected chi connectivity index (χ0v) is 11.0. The smallest absolute Gasteiger partial charge is 0.0785 e. The van der Waals surface area contributed by atoms with Crippen LogP contribution in [0.3, 0.4) is 0 Å². The first kappa shape index (κ1) is 10.8. The third-order valence-electron chi connectivity index (χ3n) is 6.33. The maximum absolute atomic E-state index is 10.6. The highest BCUT2D eigenvalue weighted by Gasteiger charge is 2.66. The Balaban J connectivity index is 2.16. The van der Waals surface area contributed by atoms with E-state index in [0.717, 1.165) is 5.92 Å². The molecule has 0 aromatic heterocycles. The van der Waals surface area contributed by atoms with Gasteiger partial charge in [-0.3, -0.25) is 0 Å². The van der Waals surface area contributed by atoms with E-state index in [1.165, 1.54) is 24.8 Å². The van der Waals surface area contributed by atoms with Crippen LogP contribution in [0.4, 0.5) is 0 Å². The molecule has 1 N–H and O–H groups in total. The first-order valence-electron chi connectivity index (χ1n) is 6.77. The lowest BCUT2D eigenvalue weighted by molar-refractivity contribution is -0.00264. The molecule has 5 atom stereocenters. The van der Waals surface area contributed by atoms with E-state index in [1.54, 1.807) is 0 Å². The van der Waals surface area contributed by atoms with Crippen LogP contribution in [-0.4, -0.2) is 11.2 Å². The Morgan fingerprint density at radius 2 is 2.00 bits per heavy atom. The molecule has 3 rings (SSSR count). The summed E-state index contributed by atoms with van der Waals surface area (Å²) < 4.78 is 0. The predicted octanol–water partition coefficient (Wildman–Crippen LogP) is 3.39. The Labute approximate surface area is 98.9 Å². The Bertz CT molecular complexity index is 354. The molecule has 0 amide bonds. The van der Waals surface area contributed by atoms with Crippen LogP contribution < -0.4 is 0 Å². The van der Waals surface area contributed by atoms with Gasteiger partial charge in [-0.2, -0.15) is 0 Å². The maximum atomic E-state index is 10.6. The van der Waals surface area contributed by atoms with Gasteiger partial charge in [-0.15, -0.1) is 0 Å². The molecule has 1 heteroatoms. The Morgan fingerprint density at radius 1 is 1.31 bits per heavy atom. The summed E-state index contributed by atoms with van der Waals surface area (Å²) in [4.78, 5) is 0. The average Bonchev–Trinajstić information content (AvgIpc) is 2.61. The summed E-state index contributed by atoms with van der Waals surface area (Å²) >= 11 is 0. The van der Waals surface area contributed by atoms with Crippen molar-refractivity contribution in [3.05, 3.63) is 11.6 Å². The van der Waals surface area contributed by atoms with Crippen LogP contribution in [0.5, 0.6) is 0 Å². The molecule has 1 spiro atoms. The fraction of sp³-hybridized carbons (Fsp3) is 0.867. The fourth-order valence-corrected chi connectivity index (χ4v) is 5.45. The largest absolute Gasteiger partial charge is 0.388 e. The van der Waals surface area contributed by atoms with Crippen molar-refractivity contribution in [1.82, 2.24) is 0 Å². The quantitative estimate of drug-likeness (QED) is 0.620. The van der Waals surface area contributed by atoms with Gasteiger partial charge in [0.2, 0.25) is 0 Å². The van der Waals surface area contributed by atoms with Gasteiger partial charge in [0.05, 0.1) is 6.10 Å². The third-order valence-corrected chi connectivity index (χ3v) is 6.33. The summed E-state index contributed by atoms with van der Waals surface area (Å²) in [5.41, 5.74) is 2.04. The molecule has 0 aliphatic heterocycles. The van der Waals surface area contributed by atoms with Crippen molar-refractivity contribution in [3.8, 4) is 0 Å². The topological polar surface area (TPSA) is 20.2 Å². The molecular weight excluding hydrogens is 196 g/mol. The number of rotatable bonds is 0. The standard InChI is InChI=1S/C15H24O/c1-9-7-13(16)15-8-11(9)14(3,4)12(15)6-5-10(15)2/h7,10-13,16H,5-6,8H2,1-4H3/t10-,11?,12+,13?,15?/m1/s1. The first-order valence-corrected chi connectivity index (χ1v) is 6.77. The average molecular weight is 220 g/mol. The lowest BCUT2D eigenvalue weighted by Crippen LogP contribution is -2.41. The SMILES string of the molecule is CC1=CC(O)C23CC1C(C)(C)[C@@H]2CC[C@H]3C. The van der Waals surface area contributed by atoms with E-state index in [4.69, 9.17) is 0 Å². The number of allylic oxidation sites excluding steroid dienone is 1. The molecular formula is C15H24O. The van der Waals surface area contributed by atoms with E-state index in [9.17, 15) is 5.11 Å². The minimum Gasteiger partial charge on any atom is -0.388 e. The molecule has 3 unspecified atom stereocenters. The van der Waals surface area contributed by atoms with Crippen LogP contribution in [0.1, 0.15) is 47.0 Å². The Morgan fingerprint density at radius 3 is 2.69 bits per heavy atom. The summed E-state index contributed by atoms with van der Waals surface area (Å²) in [6, 6.07) is 0. The van der Waals surface area contributed by atoms with Crippen molar-refractivity contribution < 1.29 is 5.11 Å². The summed E-state index contributed by atoms with van der Waals surface area (Å²) in [6.07, 6.45) is 5.84. The van der Waals surface area contributed by atoms with Crippen molar-refractivity contribution in [2.24, 2.45) is 28.6 Å². The number of fused-ring (bicyclic) bond motifs is 1. The van der Waals surface area contributed by atoms with Gasteiger partial charge < -0.3 is 5.11 Å². The highest BCUT2D eigenvalue weighted by molar-refractivity contribution is 5.28. The summed E-state index contributed by atoms with van der Waals surface area (Å²) in [5.74, 6) is 2.13. The molecule has 2 saturated carbocycles. The highest BCUT2D eigenvalue weighted by Crippen LogP contribution is 2.71. The lowest BCUT2D eigenvalue weighted by atomic mass is 9.66. The van der Waals surface area contributed by atoms with E-state index in [-0.39, 0.29) is 11.5 Å². The summed E-state index contributed by atoms with van der Waals surface area (Å²) in [5, 5.41) is 10.6. The van der Waals surface area contributed by atoms with E-state index < -0.39 is 0 Å². The van der Waals surface area contributed by atoms with Crippen molar-refractivity contribution in [2.45, 2.75) is 53.1 Å². The van der Waals surface area contributed by atoms with E-state index >= 15 is 0 Å². The van der Waals surface area contributed by atoms with E-state index in [2.05, 4.69) is 33.8 Å². The van der Waals surface area contributed by atoms with Crippen molar-refractivity contribution in [2.75, 3.05) is 0 Å². The van der Waals surface area contributed by atoms with Gasteiger partial charge in [-0.1, -0.05) is 32.4 Å². The predicted molar refractivity (Wildman–Crippen MR) is 66.0 cm³/mol. The Kier molecular flexibility index (Phi) is 1.98. The van der Waals surface area contributed by atoms with Crippen LogP contribution in [0.15, 0.2) is 11.6 Å². The molecule has 16 heavy (non-hydrogen) atoms. The molecule has 0 aromatic carbocycles. The van der Waals surface area contributed by atoms with Gasteiger partial charge in [-0.05, 0) is 49.4 Å². The number of hydrogen-bond donors (Lipinski definition) is 1. The molecule has 0 heterocycles. The molecule has 3 aliphatic rings. The zero-order valence-electron chi connectivity index (χ0n) is 11.0. The van der Waals surface area contributed by atoms with Crippen molar-refractivity contribution in [3.63, 3.8) is 0 Å². The first-order chi connectivity index (χ1) is 7.40. The van der Waals surface area contributed by atoms with E-state index in [0.29, 0.717) is 17.3 Å². The van der Waals surface area contributed by atoms with Gasteiger partial charge in [0.25, 0.3) is 0 Å². The monoisotopic (exact) mass is 220 g/mol. The van der Waals surface area contributed by atoms with Gasteiger partial charge in [0.1, 0.15) is 0 Å². The van der Waals surface area contributed by atoms with Crippen LogP contribution >= 0.6 is 0 Å². The van der Waals surface area contributed by atoms with Crippen LogP contribution in [0, 0.1) is 28.6 Å². The number of hydrogen-bond acceptors (Lipinski definition) is 1. The molecule has 2 fully saturated rings. The highest BCUT2D eigenvalue weighted by atomic mass is 16.3. The molecule has 0 aromatic rings. The molecule has 2 bridgehead atoms. The third kappa shape index (κ3) is 0.971. The summed E-state index contributed by atoms with van der Waals surface area (Å²) in [6.45, 7) is 9.43. The maximum Gasteiger partial charge on any atom is 0.0785 e. The van der Waals surface area contributed by atoms with E-state index in [1.807, 2.05) is 0 Å². The van der Waals surface area contributed by atoms with Crippen molar-refractivity contribution >= 4 is 0 Å². The molecule has 90 valence electrons. The number of aliphatic hydroxyl groups is 1. The number of aliphatic hydroxyl groups excluding tert-OH is 1. The minimum absolute atomic E-state index is 0.187. The lowest BCUT2D eigenvalue weighted by Gasteiger charge is -2.40. The zero-order chi connectivity index (χ0) is 11.7. The fourth-order valence-electron chi connectivity index (χ4n) is 5.45. The van der Waals surface area contributed by atoms with Crippen molar-refractivity contribution in [1.29, 1.82) is 0 Å². The molecule has 3 aliphatic carbocycles. The second kappa shape index (κ2) is 2.93. The normalized spacial score (nSPS) is 53.7. The Hall–Kier alpha value is -0.300. The van der Waals surface area contributed by atoms with Crippen LogP contribution in [-0.2, 0) is 0 Å². The van der Waals surface area contributed by atoms with Gasteiger partial charge in [-0.25, -0.2) is 0 Å². The van der Waals surface area contributed by atoms with Crippen LogP contribution in [0.2, 0.25) is 0 Å². The van der Waals surface area contributed by atoms with Gasteiger partial charge in [0, 0.05) is 5.41 Å². The second-order valence-corrected chi connectivity index (χ2v) is 7.08. The summed E-state index contributed by atoms with van der Waals surface area (Å²) in [7, 11) is 0. The van der Waals surface area contributed by atoms with Crippen LogP contribution in [0.25, 0.3) is 0 Å².